The number of nitro groups is 2. The molecular weight excluding hydrogens is 228 g/mol. The lowest BCUT2D eigenvalue weighted by atomic mass is 10.2. The van der Waals surface area contributed by atoms with Gasteiger partial charge in [-0.2, -0.15) is 0 Å². The van der Waals surface area contributed by atoms with Crippen LogP contribution in [0.4, 0.5) is 11.4 Å². The van der Waals surface area contributed by atoms with Crippen LogP contribution >= 0.6 is 0 Å². The van der Waals surface area contributed by atoms with E-state index in [9.17, 15) is 20.2 Å². The van der Waals surface area contributed by atoms with E-state index in [2.05, 4.69) is 0 Å². The molecule has 0 aromatic heterocycles. The van der Waals surface area contributed by atoms with Crippen LogP contribution in [0.15, 0.2) is 18.2 Å². The molecule has 0 amide bonds. The molecule has 1 radical (unpaired) electrons. The molecule has 0 bridgehead atoms. The number of rotatable bonds is 5. The topological polar surface area (TPSA) is 95.5 Å². The predicted molar refractivity (Wildman–Crippen MR) is 59.8 cm³/mol. The molecule has 0 aliphatic heterocycles. The molecule has 0 unspecified atom stereocenters. The maximum absolute atomic E-state index is 10.7. The molecule has 0 heterocycles. The van der Waals surface area contributed by atoms with Crippen LogP contribution in [0, 0.1) is 26.1 Å². The van der Waals surface area contributed by atoms with Crippen molar-refractivity contribution < 1.29 is 14.6 Å². The Bertz CT molecular complexity index is 444. The van der Waals surface area contributed by atoms with Gasteiger partial charge in [-0.3, -0.25) is 20.2 Å². The summed E-state index contributed by atoms with van der Waals surface area (Å²) in [6, 6.07) is 3.30. The van der Waals surface area contributed by atoms with Crippen molar-refractivity contribution in [2.45, 2.75) is 13.8 Å². The van der Waals surface area contributed by atoms with Crippen LogP contribution in [0.1, 0.15) is 13.8 Å². The number of nitro benzene ring substituents is 2. The highest BCUT2D eigenvalue weighted by Crippen LogP contribution is 2.31. The van der Waals surface area contributed by atoms with Gasteiger partial charge in [-0.1, -0.05) is 13.8 Å². The highest BCUT2D eigenvalue weighted by atomic mass is 16.6. The maximum Gasteiger partial charge on any atom is 0.317 e. The van der Waals surface area contributed by atoms with E-state index in [0.29, 0.717) is 0 Å². The molecule has 0 saturated carbocycles. The Labute approximate surface area is 97.3 Å². The predicted octanol–water partition coefficient (Wildman–Crippen LogP) is 2.50. The third-order valence-corrected chi connectivity index (χ3v) is 1.87. The van der Waals surface area contributed by atoms with Crippen LogP contribution in [0.2, 0.25) is 0 Å². The first-order valence-corrected chi connectivity index (χ1v) is 4.76. The van der Waals surface area contributed by atoms with Gasteiger partial charge in [0.15, 0.2) is 5.75 Å². The molecule has 0 aliphatic carbocycles. The second-order valence-electron chi connectivity index (χ2n) is 3.66. The quantitative estimate of drug-likeness (QED) is 0.581. The number of ether oxygens (including phenoxy) is 1. The average Bonchev–Trinajstić information content (AvgIpc) is 2.25. The van der Waals surface area contributed by atoms with E-state index in [0.717, 1.165) is 12.0 Å². The molecule has 0 fully saturated rings. The molecule has 7 nitrogen and oxygen atoms in total. The van der Waals surface area contributed by atoms with Gasteiger partial charge in [-0.25, -0.2) is 0 Å². The Balaban J connectivity index is 3.04. The van der Waals surface area contributed by atoms with Gasteiger partial charge in [-0.15, -0.1) is 0 Å². The Morgan fingerprint density at radius 1 is 1.24 bits per heavy atom. The van der Waals surface area contributed by atoms with Crippen LogP contribution in [0.3, 0.4) is 0 Å². The van der Waals surface area contributed by atoms with Gasteiger partial charge in [0, 0.05) is 12.0 Å². The summed E-state index contributed by atoms with van der Waals surface area (Å²) in [7, 11) is 0. The summed E-state index contributed by atoms with van der Waals surface area (Å²) in [5.74, 6) is 0.972. The molecule has 0 N–H and O–H groups in total. The third-order valence-electron chi connectivity index (χ3n) is 1.87. The second kappa shape index (κ2) is 5.24. The first-order valence-electron chi connectivity index (χ1n) is 4.76. The van der Waals surface area contributed by atoms with Gasteiger partial charge in [0.2, 0.25) is 0 Å². The SMILES string of the molecule is C[C](C)COc1ccc([N+](=O)[O-])cc1[N+](=O)[O-]. The van der Waals surface area contributed by atoms with Gasteiger partial charge >= 0.3 is 5.69 Å². The minimum atomic E-state index is -0.701. The van der Waals surface area contributed by atoms with E-state index in [1.165, 1.54) is 12.1 Å². The summed E-state index contributed by atoms with van der Waals surface area (Å²) in [6.45, 7) is 3.87. The summed E-state index contributed by atoms with van der Waals surface area (Å²) in [4.78, 5) is 19.8. The first-order chi connectivity index (χ1) is 7.91. The van der Waals surface area contributed by atoms with Crippen molar-refractivity contribution in [3.05, 3.63) is 44.3 Å². The zero-order valence-electron chi connectivity index (χ0n) is 9.37. The lowest BCUT2D eigenvalue weighted by molar-refractivity contribution is -0.394. The van der Waals surface area contributed by atoms with Crippen molar-refractivity contribution in [2.75, 3.05) is 6.61 Å². The Morgan fingerprint density at radius 2 is 1.88 bits per heavy atom. The van der Waals surface area contributed by atoms with Crippen LogP contribution in [-0.2, 0) is 0 Å². The van der Waals surface area contributed by atoms with E-state index in [4.69, 9.17) is 4.74 Å². The Morgan fingerprint density at radius 3 is 2.35 bits per heavy atom. The number of hydrogen-bond donors (Lipinski definition) is 0. The smallest absolute Gasteiger partial charge is 0.317 e. The van der Waals surface area contributed by atoms with E-state index in [1.54, 1.807) is 0 Å². The minimum Gasteiger partial charge on any atom is -0.486 e. The van der Waals surface area contributed by atoms with E-state index in [1.807, 2.05) is 13.8 Å². The van der Waals surface area contributed by atoms with Crippen molar-refractivity contribution in [1.29, 1.82) is 0 Å². The van der Waals surface area contributed by atoms with E-state index >= 15 is 0 Å². The lowest BCUT2D eigenvalue weighted by Crippen LogP contribution is -2.05. The number of non-ortho nitro benzene ring substituents is 1. The average molecular weight is 239 g/mol. The highest BCUT2D eigenvalue weighted by Gasteiger charge is 2.20. The molecule has 1 aromatic rings. The summed E-state index contributed by atoms with van der Waals surface area (Å²) in [5, 5.41) is 21.2. The minimum absolute atomic E-state index is 0.0294. The van der Waals surface area contributed by atoms with Gasteiger partial charge in [0.1, 0.15) is 0 Å². The van der Waals surface area contributed by atoms with Gasteiger partial charge in [-0.05, 0) is 6.07 Å². The largest absolute Gasteiger partial charge is 0.486 e. The van der Waals surface area contributed by atoms with Crippen molar-refractivity contribution in [1.82, 2.24) is 0 Å². The molecule has 0 atom stereocenters. The van der Waals surface area contributed by atoms with E-state index < -0.39 is 15.5 Å². The second-order valence-corrected chi connectivity index (χ2v) is 3.66. The van der Waals surface area contributed by atoms with Gasteiger partial charge < -0.3 is 4.74 Å². The van der Waals surface area contributed by atoms with Gasteiger partial charge in [0.05, 0.1) is 22.5 Å². The Kier molecular flexibility index (Phi) is 3.97. The summed E-state index contributed by atoms with van der Waals surface area (Å²) < 4.78 is 5.19. The van der Waals surface area contributed by atoms with Crippen molar-refractivity contribution in [3.8, 4) is 5.75 Å². The van der Waals surface area contributed by atoms with Gasteiger partial charge in [0.25, 0.3) is 5.69 Å². The normalized spacial score (nSPS) is 10.3. The van der Waals surface area contributed by atoms with Crippen LogP contribution in [0.5, 0.6) is 5.75 Å². The molecule has 0 spiro atoms. The molecule has 17 heavy (non-hydrogen) atoms. The zero-order valence-corrected chi connectivity index (χ0v) is 9.37. The summed E-state index contributed by atoms with van der Waals surface area (Å²) >= 11 is 0. The fraction of sp³-hybridized carbons (Fsp3) is 0.300. The van der Waals surface area contributed by atoms with Crippen LogP contribution in [-0.4, -0.2) is 16.5 Å². The third kappa shape index (κ3) is 3.40. The lowest BCUT2D eigenvalue weighted by Gasteiger charge is -2.08. The van der Waals surface area contributed by atoms with Crippen molar-refractivity contribution in [2.24, 2.45) is 0 Å². The number of hydrogen-bond acceptors (Lipinski definition) is 5. The monoisotopic (exact) mass is 239 g/mol. The molecule has 1 aromatic carbocycles. The van der Waals surface area contributed by atoms with Crippen molar-refractivity contribution in [3.63, 3.8) is 0 Å². The zero-order chi connectivity index (χ0) is 13.0. The fourth-order valence-corrected chi connectivity index (χ4v) is 1.11. The molecule has 0 saturated heterocycles. The Hall–Kier alpha value is -2.18. The highest BCUT2D eigenvalue weighted by molar-refractivity contribution is 5.53. The maximum atomic E-state index is 10.7. The first kappa shape index (κ1) is 12.9. The molecule has 7 heteroatoms. The fourth-order valence-electron chi connectivity index (χ4n) is 1.11. The number of nitrogens with zero attached hydrogens (tertiary/aromatic N) is 2. The summed E-state index contributed by atoms with van der Waals surface area (Å²) in [6.07, 6.45) is 0. The number of benzene rings is 1. The van der Waals surface area contributed by atoms with Crippen LogP contribution in [0.25, 0.3) is 0 Å². The molecule has 1 rings (SSSR count). The van der Waals surface area contributed by atoms with Crippen LogP contribution < -0.4 is 4.74 Å². The molecule has 91 valence electrons. The van der Waals surface area contributed by atoms with Crippen molar-refractivity contribution >= 4 is 11.4 Å². The standard InChI is InChI=1S/C10H11N2O5/c1-7(2)6-17-10-4-3-8(11(13)14)5-9(10)12(15)16/h3-5H,6H2,1-2H3. The van der Waals surface area contributed by atoms with E-state index in [-0.39, 0.29) is 18.0 Å². The molecular formula is C10H11N2O5. The molecule has 0 aliphatic rings. The summed E-state index contributed by atoms with van der Waals surface area (Å²) in [5.41, 5.74) is -0.735.